The van der Waals surface area contributed by atoms with Gasteiger partial charge >= 0.3 is 0 Å². The molecule has 2 heteroatoms. The van der Waals surface area contributed by atoms with Crippen molar-refractivity contribution in [2.75, 3.05) is 13.1 Å². The summed E-state index contributed by atoms with van der Waals surface area (Å²) in [5.41, 5.74) is -0.328. The van der Waals surface area contributed by atoms with E-state index in [1.807, 2.05) is 0 Å². The van der Waals surface area contributed by atoms with Crippen molar-refractivity contribution in [1.29, 1.82) is 0 Å². The molecule has 2 rings (SSSR count). The van der Waals surface area contributed by atoms with Crippen LogP contribution in [-0.4, -0.2) is 29.7 Å². The molecule has 0 unspecified atom stereocenters. The molecule has 1 aliphatic heterocycles. The van der Waals surface area contributed by atoms with Crippen LogP contribution in [0.1, 0.15) is 40.0 Å². The molecule has 0 N–H and O–H groups in total. The van der Waals surface area contributed by atoms with Crippen LogP contribution in [0, 0.1) is 5.41 Å². The summed E-state index contributed by atoms with van der Waals surface area (Å²) in [5, 5.41) is 0. The molecule has 1 nitrogen and oxygen atoms in total. The fraction of sp³-hybridized carbons (Fsp3) is 1.00. The fourth-order valence-electron chi connectivity index (χ4n) is 2.68. The van der Waals surface area contributed by atoms with Crippen LogP contribution < -0.4 is 0 Å². The molecule has 0 amide bonds. The zero-order chi connectivity index (χ0) is 9.69. The third-order valence-electron chi connectivity index (χ3n) is 3.89. The summed E-state index contributed by atoms with van der Waals surface area (Å²) in [7, 11) is 0. The molecule has 0 aromatic carbocycles. The van der Waals surface area contributed by atoms with E-state index in [9.17, 15) is 4.39 Å². The lowest BCUT2D eigenvalue weighted by Crippen LogP contribution is -2.64. The molecule has 76 valence electrons. The van der Waals surface area contributed by atoms with E-state index in [0.717, 1.165) is 0 Å². The van der Waals surface area contributed by atoms with E-state index >= 15 is 0 Å². The van der Waals surface area contributed by atoms with E-state index in [-0.39, 0.29) is 0 Å². The Morgan fingerprint density at radius 1 is 1.31 bits per heavy atom. The fourth-order valence-corrected chi connectivity index (χ4v) is 2.68. The summed E-state index contributed by atoms with van der Waals surface area (Å²) in [6.07, 6.45) is 3.82. The Bertz CT molecular complexity index is 198. The molecule has 2 aliphatic rings. The van der Waals surface area contributed by atoms with E-state index < -0.39 is 5.67 Å². The molecule has 0 aromatic heterocycles. The van der Waals surface area contributed by atoms with Crippen molar-refractivity contribution in [3.8, 4) is 0 Å². The Morgan fingerprint density at radius 3 is 2.23 bits per heavy atom. The lowest BCUT2D eigenvalue weighted by molar-refractivity contribution is -0.0980. The van der Waals surface area contributed by atoms with Gasteiger partial charge in [0.2, 0.25) is 0 Å². The molecule has 0 radical (unpaired) electrons. The first-order valence-electron chi connectivity index (χ1n) is 5.37. The van der Waals surface area contributed by atoms with Gasteiger partial charge in [-0.3, -0.25) is 4.90 Å². The maximum atomic E-state index is 13.2. The Hall–Kier alpha value is -0.110. The van der Waals surface area contributed by atoms with Gasteiger partial charge in [-0.1, -0.05) is 20.3 Å². The van der Waals surface area contributed by atoms with E-state index in [2.05, 4.69) is 18.7 Å². The molecular formula is C11H20FN. The zero-order valence-electron chi connectivity index (χ0n) is 8.94. The van der Waals surface area contributed by atoms with E-state index in [1.165, 1.54) is 19.3 Å². The van der Waals surface area contributed by atoms with Crippen LogP contribution >= 0.6 is 0 Å². The standard InChI is InChI=1S/C11H20FN/c1-4-10(2)5-9(6-10)13-7-11(3,12)8-13/h9H,4-8H2,1-3H3. The van der Waals surface area contributed by atoms with E-state index in [4.69, 9.17) is 0 Å². The van der Waals surface area contributed by atoms with Gasteiger partial charge in [-0.05, 0) is 25.2 Å². The first kappa shape index (κ1) is 9.45. The normalized spacial score (nSPS) is 43.8. The molecule has 0 spiro atoms. The van der Waals surface area contributed by atoms with Crippen LogP contribution in [0.3, 0.4) is 0 Å². The Kier molecular flexibility index (Phi) is 1.96. The summed E-state index contributed by atoms with van der Waals surface area (Å²) in [6.45, 7) is 7.64. The van der Waals surface area contributed by atoms with Gasteiger partial charge in [-0.2, -0.15) is 0 Å². The van der Waals surface area contributed by atoms with Crippen LogP contribution in [0.5, 0.6) is 0 Å². The highest BCUT2D eigenvalue weighted by Gasteiger charge is 2.49. The lowest BCUT2D eigenvalue weighted by atomic mass is 9.64. The molecule has 1 aliphatic carbocycles. The minimum absolute atomic E-state index is 0.562. The minimum Gasteiger partial charge on any atom is -0.294 e. The third kappa shape index (κ3) is 1.61. The molecule has 0 aromatic rings. The first-order valence-corrected chi connectivity index (χ1v) is 5.37. The largest absolute Gasteiger partial charge is 0.294 e. The average Bonchev–Trinajstić information content (AvgIpc) is 1.94. The number of hydrogen-bond donors (Lipinski definition) is 0. The maximum Gasteiger partial charge on any atom is 0.133 e. The van der Waals surface area contributed by atoms with Crippen LogP contribution in [0.15, 0.2) is 0 Å². The highest BCUT2D eigenvalue weighted by molar-refractivity contribution is 5.02. The molecular weight excluding hydrogens is 165 g/mol. The lowest BCUT2D eigenvalue weighted by Gasteiger charge is -2.56. The van der Waals surface area contributed by atoms with Gasteiger partial charge in [0, 0.05) is 19.1 Å². The monoisotopic (exact) mass is 185 g/mol. The van der Waals surface area contributed by atoms with E-state index in [0.29, 0.717) is 24.5 Å². The molecule has 2 fully saturated rings. The number of likely N-dealkylation sites (tertiary alicyclic amines) is 1. The molecule has 0 bridgehead atoms. The molecule has 1 saturated carbocycles. The highest BCUT2D eigenvalue weighted by Crippen LogP contribution is 2.48. The molecule has 13 heavy (non-hydrogen) atoms. The van der Waals surface area contributed by atoms with Crippen LogP contribution in [-0.2, 0) is 0 Å². The second-order valence-electron chi connectivity index (χ2n) is 5.54. The summed E-state index contributed by atoms with van der Waals surface area (Å²) >= 11 is 0. The highest BCUT2D eigenvalue weighted by atomic mass is 19.1. The number of alkyl halides is 1. The van der Waals surface area contributed by atoms with Crippen LogP contribution in [0.4, 0.5) is 4.39 Å². The van der Waals surface area contributed by atoms with Crippen molar-refractivity contribution < 1.29 is 4.39 Å². The van der Waals surface area contributed by atoms with Gasteiger partial charge in [-0.15, -0.1) is 0 Å². The van der Waals surface area contributed by atoms with Crippen molar-refractivity contribution >= 4 is 0 Å². The van der Waals surface area contributed by atoms with Gasteiger partial charge in [0.05, 0.1) is 0 Å². The van der Waals surface area contributed by atoms with Crippen LogP contribution in [0.2, 0.25) is 0 Å². The Morgan fingerprint density at radius 2 is 1.85 bits per heavy atom. The second kappa shape index (κ2) is 2.69. The van der Waals surface area contributed by atoms with Crippen LogP contribution in [0.25, 0.3) is 0 Å². The van der Waals surface area contributed by atoms with Crippen molar-refractivity contribution in [2.45, 2.75) is 51.7 Å². The van der Waals surface area contributed by atoms with Gasteiger partial charge in [0.1, 0.15) is 5.67 Å². The summed E-state index contributed by atoms with van der Waals surface area (Å²) in [6, 6.07) is 0.689. The molecule has 1 heterocycles. The topological polar surface area (TPSA) is 3.24 Å². The smallest absolute Gasteiger partial charge is 0.133 e. The van der Waals surface area contributed by atoms with Gasteiger partial charge in [0.25, 0.3) is 0 Å². The number of hydrogen-bond acceptors (Lipinski definition) is 1. The number of rotatable bonds is 2. The number of nitrogens with zero attached hydrogens (tertiary/aromatic N) is 1. The Balaban J connectivity index is 1.77. The summed E-state index contributed by atoms with van der Waals surface area (Å²) in [4.78, 5) is 2.30. The maximum absolute atomic E-state index is 13.2. The SMILES string of the molecule is CCC1(C)CC(N2CC(C)(F)C2)C1. The van der Waals surface area contributed by atoms with E-state index in [1.54, 1.807) is 6.92 Å². The predicted molar refractivity (Wildman–Crippen MR) is 52.5 cm³/mol. The first-order chi connectivity index (χ1) is 5.94. The van der Waals surface area contributed by atoms with Gasteiger partial charge in [0.15, 0.2) is 0 Å². The minimum atomic E-state index is -0.891. The third-order valence-corrected chi connectivity index (χ3v) is 3.89. The van der Waals surface area contributed by atoms with Crippen molar-refractivity contribution in [3.63, 3.8) is 0 Å². The average molecular weight is 185 g/mol. The number of halogens is 1. The summed E-state index contributed by atoms with van der Waals surface area (Å²) < 4.78 is 13.2. The van der Waals surface area contributed by atoms with Gasteiger partial charge in [-0.25, -0.2) is 4.39 Å². The Labute approximate surface area is 80.3 Å². The molecule has 0 atom stereocenters. The molecule has 1 saturated heterocycles. The second-order valence-corrected chi connectivity index (χ2v) is 5.54. The van der Waals surface area contributed by atoms with Crippen molar-refractivity contribution in [2.24, 2.45) is 5.41 Å². The van der Waals surface area contributed by atoms with Gasteiger partial charge < -0.3 is 0 Å². The summed E-state index contributed by atoms with van der Waals surface area (Å²) in [5.74, 6) is 0. The van der Waals surface area contributed by atoms with Crippen molar-refractivity contribution in [1.82, 2.24) is 4.90 Å². The van der Waals surface area contributed by atoms with Crippen molar-refractivity contribution in [3.05, 3.63) is 0 Å². The predicted octanol–water partition coefficient (Wildman–Crippen LogP) is 2.61. The quantitative estimate of drug-likeness (QED) is 0.639. The zero-order valence-corrected chi connectivity index (χ0v) is 8.94.